The Hall–Kier alpha value is -3.89. The second kappa shape index (κ2) is 10.4. The maximum absolute atomic E-state index is 14.0. The van der Waals surface area contributed by atoms with Gasteiger partial charge in [-0.05, 0) is 79.6 Å². The van der Waals surface area contributed by atoms with Gasteiger partial charge in [-0.25, -0.2) is 0 Å². The van der Waals surface area contributed by atoms with Crippen molar-refractivity contribution in [3.8, 4) is 22.6 Å². The van der Waals surface area contributed by atoms with Gasteiger partial charge in [0, 0.05) is 24.4 Å². The second-order valence-electron chi connectivity index (χ2n) is 12.1. The Morgan fingerprint density at radius 1 is 1.02 bits per heavy atom. The smallest absolute Gasteiger partial charge is 0.235 e. The van der Waals surface area contributed by atoms with Crippen LogP contribution in [0.5, 0.6) is 11.5 Å². The number of hydrogen-bond acceptors (Lipinski definition) is 9. The van der Waals surface area contributed by atoms with Gasteiger partial charge in [-0.15, -0.1) is 0 Å². The Bertz CT molecular complexity index is 1530. The highest BCUT2D eigenvalue weighted by Crippen LogP contribution is 2.51. The van der Waals surface area contributed by atoms with Crippen molar-refractivity contribution in [3.05, 3.63) is 47.0 Å². The van der Waals surface area contributed by atoms with Crippen molar-refractivity contribution < 1.29 is 38.9 Å². The zero-order valence-corrected chi connectivity index (χ0v) is 23.4. The first-order valence-electron chi connectivity index (χ1n) is 14.5. The number of fused-ring (bicyclic) bond motifs is 3. The van der Waals surface area contributed by atoms with E-state index in [1.807, 2.05) is 18.2 Å². The molecule has 3 fully saturated rings. The van der Waals surface area contributed by atoms with Crippen LogP contribution in [-0.2, 0) is 32.1 Å². The quantitative estimate of drug-likeness (QED) is 0.453. The molecule has 220 valence electrons. The summed E-state index contributed by atoms with van der Waals surface area (Å²) in [6, 6.07) is 9.07. The summed E-state index contributed by atoms with van der Waals surface area (Å²) in [5.41, 5.74) is 5.63. The molecule has 1 amide bonds. The van der Waals surface area contributed by atoms with Crippen LogP contribution in [0, 0.1) is 23.7 Å². The first-order chi connectivity index (χ1) is 20.1. The lowest BCUT2D eigenvalue weighted by Gasteiger charge is -2.48. The molecule has 10 heteroatoms. The molecule has 2 unspecified atom stereocenters. The largest absolute Gasteiger partial charge is 0.507 e. The molecule has 5 atom stereocenters. The Morgan fingerprint density at radius 2 is 1.76 bits per heavy atom. The normalized spacial score (nSPS) is 29.5. The number of benzene rings is 2. The van der Waals surface area contributed by atoms with E-state index in [0.717, 1.165) is 43.6 Å². The molecule has 3 aliphatic carbocycles. The van der Waals surface area contributed by atoms with Crippen molar-refractivity contribution in [1.82, 2.24) is 4.90 Å². The second-order valence-corrected chi connectivity index (χ2v) is 12.1. The molecule has 1 heterocycles. The molecule has 4 N–H and O–H groups in total. The third kappa shape index (κ3) is 4.27. The van der Waals surface area contributed by atoms with E-state index < -0.39 is 58.3 Å². The van der Waals surface area contributed by atoms with E-state index in [1.54, 1.807) is 13.2 Å². The third-order valence-corrected chi connectivity index (χ3v) is 9.69. The number of Topliss-reactive ketones (excluding diaryl/α,β-unsaturated/α-hetero) is 4. The van der Waals surface area contributed by atoms with Gasteiger partial charge in [-0.2, -0.15) is 0 Å². The van der Waals surface area contributed by atoms with Gasteiger partial charge in [0.15, 0.2) is 34.7 Å². The summed E-state index contributed by atoms with van der Waals surface area (Å²) in [5.74, 6) is -9.67. The highest BCUT2D eigenvalue weighted by molar-refractivity contribution is 6.31. The molecule has 0 radical (unpaired) electrons. The lowest BCUT2D eigenvalue weighted by atomic mass is 9.53. The molecule has 0 bridgehead atoms. The van der Waals surface area contributed by atoms with Crippen LogP contribution in [0.15, 0.2) is 30.3 Å². The number of methoxy groups -OCH3 is 1. The molecule has 10 nitrogen and oxygen atoms in total. The van der Waals surface area contributed by atoms with Crippen molar-refractivity contribution in [3.63, 3.8) is 0 Å². The van der Waals surface area contributed by atoms with Gasteiger partial charge < -0.3 is 20.7 Å². The topological polar surface area (TPSA) is 164 Å². The number of phenolic OH excluding ortho intramolecular Hbond substituents is 1. The van der Waals surface area contributed by atoms with E-state index >= 15 is 0 Å². The van der Waals surface area contributed by atoms with Gasteiger partial charge in [0.05, 0.1) is 18.6 Å². The summed E-state index contributed by atoms with van der Waals surface area (Å²) in [7, 11) is 1.56. The number of piperidine rings is 1. The highest BCUT2D eigenvalue weighted by atomic mass is 16.5. The number of phenols is 1. The number of rotatable bonds is 5. The van der Waals surface area contributed by atoms with Gasteiger partial charge in [0.2, 0.25) is 5.91 Å². The number of carbonyl (C=O) groups is 5. The number of amides is 1. The first kappa shape index (κ1) is 28.2. The van der Waals surface area contributed by atoms with Crippen LogP contribution in [-0.4, -0.2) is 70.0 Å². The average Bonchev–Trinajstić information content (AvgIpc) is 2.95. The maximum Gasteiger partial charge on any atom is 0.235 e. The summed E-state index contributed by atoms with van der Waals surface area (Å²) in [6.45, 7) is 2.82. The van der Waals surface area contributed by atoms with Crippen molar-refractivity contribution in [1.29, 1.82) is 0 Å². The molecule has 0 spiro atoms. The number of likely N-dealkylation sites (tertiary alicyclic amines) is 1. The van der Waals surface area contributed by atoms with Crippen LogP contribution >= 0.6 is 0 Å². The number of ether oxygens (including phenoxy) is 1. The molecule has 1 saturated heterocycles. The van der Waals surface area contributed by atoms with E-state index in [0.29, 0.717) is 16.9 Å². The number of primary amides is 1. The van der Waals surface area contributed by atoms with Crippen molar-refractivity contribution in [2.24, 2.45) is 29.4 Å². The fraction of sp³-hybridized carbons (Fsp3) is 0.469. The van der Waals surface area contributed by atoms with Gasteiger partial charge in [-0.3, -0.25) is 28.9 Å². The van der Waals surface area contributed by atoms with Crippen molar-refractivity contribution >= 4 is 29.0 Å². The number of nitrogens with zero attached hydrogens (tertiary/aromatic N) is 1. The standard InChI is InChI=1S/C32H34N2O8/c1-42-24-8-5-16(15-34-9-3-2-4-10-34)11-20(24)19-6-7-22(35)26-21(19)13-17-12-18-14-23(36)27(31(33)40)30(39)32(18,41)29(38)25(17)28(26)37/h5-8,11,17-18,25,27,35,41H,2-4,9-10,12-15H2,1H3,(H2,33,40)/t17-,18+,25?,27?,32+/m1/s1. The van der Waals surface area contributed by atoms with Crippen LogP contribution in [0.1, 0.15) is 53.6 Å². The molecule has 1 aliphatic heterocycles. The predicted octanol–water partition coefficient (Wildman–Crippen LogP) is 1.99. The van der Waals surface area contributed by atoms with Crippen LogP contribution < -0.4 is 10.5 Å². The van der Waals surface area contributed by atoms with Crippen LogP contribution in [0.2, 0.25) is 0 Å². The van der Waals surface area contributed by atoms with Gasteiger partial charge in [0.25, 0.3) is 0 Å². The Balaban J connectivity index is 1.41. The van der Waals surface area contributed by atoms with Gasteiger partial charge in [-0.1, -0.05) is 18.6 Å². The summed E-state index contributed by atoms with van der Waals surface area (Å²) >= 11 is 0. The monoisotopic (exact) mass is 574 g/mol. The number of aliphatic hydroxyl groups is 1. The fourth-order valence-corrected chi connectivity index (χ4v) is 7.66. The van der Waals surface area contributed by atoms with E-state index in [2.05, 4.69) is 4.90 Å². The summed E-state index contributed by atoms with van der Waals surface area (Å²) in [6.07, 6.45) is 3.43. The minimum atomic E-state index is -2.67. The van der Waals surface area contributed by atoms with E-state index in [-0.39, 0.29) is 30.6 Å². The number of hydrogen-bond donors (Lipinski definition) is 3. The number of carbonyl (C=O) groups excluding carboxylic acids is 5. The maximum atomic E-state index is 14.0. The van der Waals surface area contributed by atoms with Crippen LogP contribution in [0.25, 0.3) is 11.1 Å². The highest BCUT2D eigenvalue weighted by Gasteiger charge is 2.66. The zero-order chi connectivity index (χ0) is 29.9. The minimum absolute atomic E-state index is 0.0292. The fourth-order valence-electron chi connectivity index (χ4n) is 7.66. The Kier molecular flexibility index (Phi) is 7.01. The third-order valence-electron chi connectivity index (χ3n) is 9.69. The molecular formula is C32H34N2O8. The number of aromatic hydroxyl groups is 1. The van der Waals surface area contributed by atoms with E-state index in [1.165, 1.54) is 12.5 Å². The van der Waals surface area contributed by atoms with Crippen LogP contribution in [0.4, 0.5) is 0 Å². The van der Waals surface area contributed by atoms with Gasteiger partial charge in [0.1, 0.15) is 11.5 Å². The zero-order valence-electron chi connectivity index (χ0n) is 23.4. The molecule has 2 saturated carbocycles. The SMILES string of the molecule is COc1ccc(CN2CCCCC2)cc1-c1ccc(O)c2c1C[C@H]1C[C@H]3CC(=O)C(C(N)=O)C(=O)[C@@]3(O)C(=O)C1C2=O. The van der Waals surface area contributed by atoms with Gasteiger partial charge >= 0.3 is 0 Å². The summed E-state index contributed by atoms with van der Waals surface area (Å²) < 4.78 is 5.69. The lowest BCUT2D eigenvalue weighted by Crippen LogP contribution is -2.68. The molecular weight excluding hydrogens is 540 g/mol. The molecule has 2 aromatic rings. The van der Waals surface area contributed by atoms with Crippen molar-refractivity contribution in [2.75, 3.05) is 20.2 Å². The summed E-state index contributed by atoms with van der Waals surface area (Å²) in [4.78, 5) is 67.8. The average molecular weight is 575 g/mol. The lowest BCUT2D eigenvalue weighted by molar-refractivity contribution is -0.175. The molecule has 42 heavy (non-hydrogen) atoms. The molecule has 6 rings (SSSR count). The Morgan fingerprint density at radius 3 is 2.45 bits per heavy atom. The van der Waals surface area contributed by atoms with Crippen molar-refractivity contribution in [2.45, 2.75) is 50.7 Å². The summed E-state index contributed by atoms with van der Waals surface area (Å²) in [5, 5.41) is 22.3. The number of ketones is 4. The molecule has 2 aromatic carbocycles. The molecule has 4 aliphatic rings. The minimum Gasteiger partial charge on any atom is -0.507 e. The predicted molar refractivity (Wildman–Crippen MR) is 150 cm³/mol. The van der Waals surface area contributed by atoms with E-state index in [4.69, 9.17) is 10.5 Å². The first-order valence-corrected chi connectivity index (χ1v) is 14.5. The molecule has 0 aromatic heterocycles. The number of nitrogens with two attached hydrogens (primary N) is 1. The van der Waals surface area contributed by atoms with Crippen LogP contribution in [0.3, 0.4) is 0 Å². The van der Waals surface area contributed by atoms with E-state index in [9.17, 15) is 34.2 Å². The Labute approximate surface area is 242 Å².